The molecule has 8 heteroatoms. The smallest absolute Gasteiger partial charge is 0.410 e. The normalized spacial score (nSPS) is 22.0. The number of carbonyl (C=O) groups is 1. The number of aromatic nitrogens is 2. The average molecular weight is 376 g/mol. The minimum atomic E-state index is -0.523. The van der Waals surface area contributed by atoms with Gasteiger partial charge in [-0.25, -0.2) is 4.79 Å². The molecule has 2 atom stereocenters. The predicted octanol–water partition coefficient (Wildman–Crippen LogP) is 2.20. The first-order valence-electron chi connectivity index (χ1n) is 7.06. The standard InChI is InChI=1S/C14H22BrN3O4/c1-14(2,3)22-13(19)18-7-10(20-5)11(8-18)21-9-6-16-17(4)12(9)15/h6,10-11H,7-8H2,1-5H3/t10-,11-/m1/s1. The van der Waals surface area contributed by atoms with Crippen molar-refractivity contribution in [2.24, 2.45) is 7.05 Å². The van der Waals surface area contributed by atoms with Gasteiger partial charge >= 0.3 is 6.09 Å². The summed E-state index contributed by atoms with van der Waals surface area (Å²) >= 11 is 3.41. The van der Waals surface area contributed by atoms with Gasteiger partial charge in [-0.2, -0.15) is 5.10 Å². The Morgan fingerprint density at radius 2 is 2.00 bits per heavy atom. The summed E-state index contributed by atoms with van der Waals surface area (Å²) < 4.78 is 19.2. The predicted molar refractivity (Wildman–Crippen MR) is 83.9 cm³/mol. The first kappa shape index (κ1) is 17.1. The second-order valence-electron chi connectivity index (χ2n) is 6.24. The van der Waals surface area contributed by atoms with E-state index in [0.29, 0.717) is 18.8 Å². The lowest BCUT2D eigenvalue weighted by molar-refractivity contribution is 0.0240. The maximum absolute atomic E-state index is 12.2. The van der Waals surface area contributed by atoms with Crippen LogP contribution in [0.15, 0.2) is 10.8 Å². The van der Waals surface area contributed by atoms with Crippen molar-refractivity contribution < 1.29 is 19.0 Å². The lowest BCUT2D eigenvalue weighted by Crippen LogP contribution is -2.36. The van der Waals surface area contributed by atoms with Crippen molar-refractivity contribution in [3.8, 4) is 5.75 Å². The number of methoxy groups -OCH3 is 1. The second kappa shape index (κ2) is 6.45. The molecule has 0 bridgehead atoms. The molecular formula is C14H22BrN3O4. The van der Waals surface area contributed by atoms with Gasteiger partial charge in [-0.15, -0.1) is 0 Å². The van der Waals surface area contributed by atoms with Crippen LogP contribution in [0.5, 0.6) is 5.75 Å². The maximum Gasteiger partial charge on any atom is 0.410 e. The van der Waals surface area contributed by atoms with Gasteiger partial charge in [0.2, 0.25) is 0 Å². The molecule has 0 aliphatic carbocycles. The molecule has 22 heavy (non-hydrogen) atoms. The van der Waals surface area contributed by atoms with E-state index in [9.17, 15) is 4.79 Å². The third kappa shape index (κ3) is 3.92. The highest BCUT2D eigenvalue weighted by molar-refractivity contribution is 9.10. The van der Waals surface area contributed by atoms with Crippen molar-refractivity contribution in [2.45, 2.75) is 38.6 Å². The average Bonchev–Trinajstić information content (AvgIpc) is 2.95. The molecule has 1 aromatic heterocycles. The van der Waals surface area contributed by atoms with Crippen LogP contribution in [0.1, 0.15) is 20.8 Å². The monoisotopic (exact) mass is 375 g/mol. The molecule has 1 aliphatic rings. The highest BCUT2D eigenvalue weighted by Crippen LogP contribution is 2.28. The molecule has 1 fully saturated rings. The number of aryl methyl sites for hydroxylation is 1. The van der Waals surface area contributed by atoms with Crippen LogP contribution >= 0.6 is 15.9 Å². The summed E-state index contributed by atoms with van der Waals surface area (Å²) in [6.45, 7) is 6.38. The quantitative estimate of drug-likeness (QED) is 0.809. The van der Waals surface area contributed by atoms with Gasteiger partial charge in [-0.3, -0.25) is 4.68 Å². The SMILES string of the molecule is CO[C@@H]1CN(C(=O)OC(C)(C)C)C[C@H]1Oc1cnn(C)c1Br. The molecule has 0 saturated carbocycles. The van der Waals surface area contributed by atoms with Crippen molar-refractivity contribution in [1.82, 2.24) is 14.7 Å². The number of carbonyl (C=O) groups excluding carboxylic acids is 1. The molecule has 0 unspecified atom stereocenters. The summed E-state index contributed by atoms with van der Waals surface area (Å²) in [5, 5.41) is 4.11. The van der Waals surface area contributed by atoms with Crippen LogP contribution in [0, 0.1) is 0 Å². The van der Waals surface area contributed by atoms with Gasteiger partial charge in [0.15, 0.2) is 5.75 Å². The zero-order valence-electron chi connectivity index (χ0n) is 13.5. The van der Waals surface area contributed by atoms with Crippen LogP contribution < -0.4 is 4.74 Å². The minimum Gasteiger partial charge on any atom is -0.481 e. The first-order chi connectivity index (χ1) is 10.2. The van der Waals surface area contributed by atoms with Crippen LogP contribution in [0.3, 0.4) is 0 Å². The molecule has 0 spiro atoms. The molecule has 7 nitrogen and oxygen atoms in total. The van der Waals surface area contributed by atoms with E-state index in [2.05, 4.69) is 21.0 Å². The maximum atomic E-state index is 12.2. The van der Waals surface area contributed by atoms with Crippen LogP contribution in [-0.2, 0) is 16.5 Å². The molecule has 1 amide bonds. The van der Waals surface area contributed by atoms with E-state index in [1.54, 1.807) is 22.9 Å². The highest BCUT2D eigenvalue weighted by Gasteiger charge is 2.39. The zero-order valence-corrected chi connectivity index (χ0v) is 15.1. The van der Waals surface area contributed by atoms with E-state index in [4.69, 9.17) is 14.2 Å². The summed E-state index contributed by atoms with van der Waals surface area (Å²) in [6.07, 6.45) is 0.802. The fourth-order valence-corrected chi connectivity index (χ4v) is 2.49. The number of halogens is 1. The van der Waals surface area contributed by atoms with Gasteiger partial charge in [0, 0.05) is 14.2 Å². The summed E-state index contributed by atoms with van der Waals surface area (Å²) in [7, 11) is 3.42. The number of hydrogen-bond acceptors (Lipinski definition) is 5. The van der Waals surface area contributed by atoms with Crippen LogP contribution in [0.4, 0.5) is 4.79 Å². The Balaban J connectivity index is 2.03. The number of ether oxygens (including phenoxy) is 3. The molecule has 2 rings (SSSR count). The summed E-state index contributed by atoms with van der Waals surface area (Å²) in [6, 6.07) is 0. The Hall–Kier alpha value is -1.28. The Labute approximate surface area is 138 Å². The Morgan fingerprint density at radius 1 is 1.36 bits per heavy atom. The first-order valence-corrected chi connectivity index (χ1v) is 7.85. The Bertz CT molecular complexity index is 541. The molecule has 1 aliphatic heterocycles. The Morgan fingerprint density at radius 3 is 2.50 bits per heavy atom. The van der Waals surface area contributed by atoms with Gasteiger partial charge in [0.25, 0.3) is 0 Å². The molecule has 0 radical (unpaired) electrons. The molecule has 0 aromatic carbocycles. The zero-order chi connectivity index (χ0) is 16.5. The molecule has 2 heterocycles. The number of hydrogen-bond donors (Lipinski definition) is 0. The van der Waals surface area contributed by atoms with E-state index in [1.165, 1.54) is 0 Å². The van der Waals surface area contributed by atoms with E-state index >= 15 is 0 Å². The van der Waals surface area contributed by atoms with Crippen molar-refractivity contribution in [2.75, 3.05) is 20.2 Å². The number of amides is 1. The van der Waals surface area contributed by atoms with E-state index in [0.717, 1.165) is 4.60 Å². The van der Waals surface area contributed by atoms with Crippen molar-refractivity contribution in [3.63, 3.8) is 0 Å². The van der Waals surface area contributed by atoms with Gasteiger partial charge in [0.05, 0.1) is 19.3 Å². The Kier molecular flexibility index (Phi) is 5.01. The molecule has 0 N–H and O–H groups in total. The molecule has 1 saturated heterocycles. The van der Waals surface area contributed by atoms with Crippen LogP contribution in [0.25, 0.3) is 0 Å². The number of likely N-dealkylation sites (tertiary alicyclic amines) is 1. The molecular weight excluding hydrogens is 354 g/mol. The van der Waals surface area contributed by atoms with Crippen LogP contribution in [-0.4, -0.2) is 58.8 Å². The summed E-state index contributed by atoms with van der Waals surface area (Å²) in [4.78, 5) is 13.8. The van der Waals surface area contributed by atoms with Crippen LogP contribution in [0.2, 0.25) is 0 Å². The minimum absolute atomic E-state index is 0.209. The number of rotatable bonds is 3. The van der Waals surface area contributed by atoms with Crippen molar-refractivity contribution >= 4 is 22.0 Å². The van der Waals surface area contributed by atoms with Gasteiger partial charge in [-0.1, -0.05) is 0 Å². The van der Waals surface area contributed by atoms with Crippen molar-refractivity contribution in [1.29, 1.82) is 0 Å². The second-order valence-corrected chi connectivity index (χ2v) is 6.99. The molecule has 124 valence electrons. The van der Waals surface area contributed by atoms with Crippen molar-refractivity contribution in [3.05, 3.63) is 10.8 Å². The van der Waals surface area contributed by atoms with E-state index < -0.39 is 5.60 Å². The fourth-order valence-electron chi connectivity index (χ4n) is 2.20. The molecule has 1 aromatic rings. The van der Waals surface area contributed by atoms with E-state index in [-0.39, 0.29) is 18.3 Å². The fraction of sp³-hybridized carbons (Fsp3) is 0.714. The largest absolute Gasteiger partial charge is 0.481 e. The van der Waals surface area contributed by atoms with Gasteiger partial charge < -0.3 is 19.1 Å². The third-order valence-corrected chi connectivity index (χ3v) is 4.19. The summed E-state index contributed by atoms with van der Waals surface area (Å²) in [5.41, 5.74) is -0.523. The summed E-state index contributed by atoms with van der Waals surface area (Å²) in [5.74, 6) is 0.626. The highest BCUT2D eigenvalue weighted by atomic mass is 79.9. The van der Waals surface area contributed by atoms with Gasteiger partial charge in [-0.05, 0) is 36.7 Å². The van der Waals surface area contributed by atoms with E-state index in [1.807, 2.05) is 27.8 Å². The number of nitrogens with zero attached hydrogens (tertiary/aromatic N) is 3. The lowest BCUT2D eigenvalue weighted by atomic mass is 10.2. The lowest BCUT2D eigenvalue weighted by Gasteiger charge is -2.24. The van der Waals surface area contributed by atoms with Gasteiger partial charge in [0.1, 0.15) is 22.4 Å². The third-order valence-electron chi connectivity index (χ3n) is 3.28. The topological polar surface area (TPSA) is 65.8 Å².